The van der Waals surface area contributed by atoms with E-state index in [1.54, 1.807) is 19.1 Å². The Morgan fingerprint density at radius 1 is 0.848 bits per heavy atom. The van der Waals surface area contributed by atoms with E-state index in [0.29, 0.717) is 30.0 Å². The summed E-state index contributed by atoms with van der Waals surface area (Å²) in [4.78, 5) is 15.0. The third-order valence-electron chi connectivity index (χ3n) is 6.15. The number of hydrogen-bond acceptors (Lipinski definition) is 4. The third-order valence-corrected chi connectivity index (χ3v) is 6.15. The Morgan fingerprint density at radius 3 is 2.06 bits per heavy atom. The van der Waals surface area contributed by atoms with Crippen LogP contribution in [-0.2, 0) is 11.2 Å². The lowest BCUT2D eigenvalue weighted by molar-refractivity contribution is -0.129. The summed E-state index contributed by atoms with van der Waals surface area (Å²) < 4.78 is 10.7. The van der Waals surface area contributed by atoms with Gasteiger partial charge in [0.15, 0.2) is 17.3 Å². The van der Waals surface area contributed by atoms with Crippen molar-refractivity contribution in [3.63, 3.8) is 0 Å². The molecule has 3 aromatic carbocycles. The van der Waals surface area contributed by atoms with Gasteiger partial charge in [-0.25, -0.2) is 0 Å². The highest BCUT2D eigenvalue weighted by Crippen LogP contribution is 2.43. The van der Waals surface area contributed by atoms with Crippen LogP contribution in [0.1, 0.15) is 33.9 Å². The van der Waals surface area contributed by atoms with Crippen LogP contribution in [-0.4, -0.2) is 36.7 Å². The second-order valence-corrected chi connectivity index (χ2v) is 8.38. The average molecular weight is 444 g/mol. The lowest BCUT2D eigenvalue weighted by Gasteiger charge is -2.27. The molecule has 1 aliphatic heterocycles. The minimum absolute atomic E-state index is 0.184. The number of rotatable bonds is 7. The number of nitrogens with zero attached hydrogens (tertiary/aromatic N) is 1. The molecule has 3 aromatic rings. The van der Waals surface area contributed by atoms with Gasteiger partial charge in [0.05, 0.1) is 20.3 Å². The Balaban J connectivity index is 1.68. The van der Waals surface area contributed by atoms with Gasteiger partial charge < -0.3 is 19.5 Å². The molecule has 1 N–H and O–H groups in total. The summed E-state index contributed by atoms with van der Waals surface area (Å²) in [5.74, 6) is 0.782. The lowest BCUT2D eigenvalue weighted by Crippen LogP contribution is -2.32. The fourth-order valence-corrected chi connectivity index (χ4v) is 4.29. The summed E-state index contributed by atoms with van der Waals surface area (Å²) in [6, 6.07) is 21.5. The second-order valence-electron chi connectivity index (χ2n) is 8.38. The maximum atomic E-state index is 13.2. The zero-order valence-corrected chi connectivity index (χ0v) is 19.5. The highest BCUT2D eigenvalue weighted by atomic mass is 16.5. The molecule has 0 spiro atoms. The van der Waals surface area contributed by atoms with Gasteiger partial charge >= 0.3 is 0 Å². The molecule has 0 radical (unpaired) electrons. The van der Waals surface area contributed by atoms with Crippen LogP contribution in [0.15, 0.2) is 72.5 Å². The number of benzene rings is 3. The molecule has 33 heavy (non-hydrogen) atoms. The molecule has 1 amide bonds. The van der Waals surface area contributed by atoms with E-state index in [1.807, 2.05) is 80.6 Å². The van der Waals surface area contributed by atoms with Gasteiger partial charge in [-0.2, -0.15) is 0 Å². The molecule has 0 fully saturated rings. The SMILES string of the molecule is COc1ccc(CCN2C(=O)C(O)=C(c3ccc(C)cc3)[C@H]2c2ccc(C)cc2)cc1OC. The van der Waals surface area contributed by atoms with Gasteiger partial charge in [0, 0.05) is 12.1 Å². The van der Waals surface area contributed by atoms with E-state index >= 15 is 0 Å². The number of hydrogen-bond donors (Lipinski definition) is 1. The molecule has 1 aliphatic rings. The molecular formula is C28H29NO4. The number of ether oxygens (including phenoxy) is 2. The number of aryl methyl sites for hydroxylation is 2. The number of amides is 1. The summed E-state index contributed by atoms with van der Waals surface area (Å²) >= 11 is 0. The number of carbonyl (C=O) groups is 1. The van der Waals surface area contributed by atoms with Crippen molar-refractivity contribution in [2.45, 2.75) is 26.3 Å². The summed E-state index contributed by atoms with van der Waals surface area (Å²) in [6.45, 7) is 4.50. The maximum Gasteiger partial charge on any atom is 0.289 e. The largest absolute Gasteiger partial charge is 0.503 e. The predicted molar refractivity (Wildman–Crippen MR) is 130 cm³/mol. The fourth-order valence-electron chi connectivity index (χ4n) is 4.29. The fraction of sp³-hybridized carbons (Fsp3) is 0.250. The molecule has 0 aliphatic carbocycles. The van der Waals surface area contributed by atoms with Crippen molar-refractivity contribution in [2.75, 3.05) is 20.8 Å². The van der Waals surface area contributed by atoms with E-state index in [2.05, 4.69) is 0 Å². The Hall–Kier alpha value is -3.73. The number of carbonyl (C=O) groups excluding carboxylic acids is 1. The Bertz CT molecular complexity index is 1180. The Morgan fingerprint density at radius 2 is 1.45 bits per heavy atom. The number of aliphatic hydroxyl groups is 1. The first kappa shape index (κ1) is 22.5. The summed E-state index contributed by atoms with van der Waals surface area (Å²) in [5, 5.41) is 10.9. The van der Waals surface area contributed by atoms with E-state index in [9.17, 15) is 9.90 Å². The summed E-state index contributed by atoms with van der Waals surface area (Å²) in [6.07, 6.45) is 0.614. The molecule has 0 aromatic heterocycles. The first-order valence-corrected chi connectivity index (χ1v) is 11.0. The normalized spacial score (nSPS) is 15.8. The third kappa shape index (κ3) is 4.44. The second kappa shape index (κ2) is 9.41. The molecule has 4 rings (SSSR count). The molecule has 0 unspecified atom stereocenters. The smallest absolute Gasteiger partial charge is 0.289 e. The van der Waals surface area contributed by atoms with E-state index < -0.39 is 0 Å². The van der Waals surface area contributed by atoms with Crippen LogP contribution < -0.4 is 9.47 Å². The van der Waals surface area contributed by atoms with Crippen LogP contribution in [0.4, 0.5) is 0 Å². The van der Waals surface area contributed by atoms with Gasteiger partial charge in [-0.3, -0.25) is 4.79 Å². The highest BCUT2D eigenvalue weighted by molar-refractivity contribution is 6.05. The molecule has 1 atom stereocenters. The topological polar surface area (TPSA) is 59.0 Å². The summed E-state index contributed by atoms with van der Waals surface area (Å²) in [5.41, 5.74) is 5.76. The lowest BCUT2D eigenvalue weighted by atomic mass is 9.92. The predicted octanol–water partition coefficient (Wildman–Crippen LogP) is 5.42. The van der Waals surface area contributed by atoms with Crippen molar-refractivity contribution in [3.8, 4) is 11.5 Å². The van der Waals surface area contributed by atoms with Crippen LogP contribution in [0.2, 0.25) is 0 Å². The number of aliphatic hydroxyl groups excluding tert-OH is 1. The monoisotopic (exact) mass is 443 g/mol. The standard InChI is InChI=1S/C28H29NO4/c1-18-5-10-21(11-6-18)25-26(22-12-7-19(2)8-13-22)29(28(31)27(25)30)16-15-20-9-14-23(32-3)24(17-20)33-4/h5-14,17,26,30H,15-16H2,1-4H3/t26-/m1/s1. The van der Waals surface area contributed by atoms with Crippen LogP contribution in [0.25, 0.3) is 5.57 Å². The molecule has 0 bridgehead atoms. The Labute approximate surface area is 194 Å². The van der Waals surface area contributed by atoms with Gasteiger partial charge in [-0.05, 0) is 49.1 Å². The van der Waals surface area contributed by atoms with Crippen LogP contribution >= 0.6 is 0 Å². The zero-order valence-electron chi connectivity index (χ0n) is 19.5. The van der Waals surface area contributed by atoms with Crippen LogP contribution in [0, 0.1) is 13.8 Å². The van der Waals surface area contributed by atoms with Crippen LogP contribution in [0.5, 0.6) is 11.5 Å². The van der Waals surface area contributed by atoms with Crippen molar-refractivity contribution in [1.29, 1.82) is 0 Å². The van der Waals surface area contributed by atoms with Crippen molar-refractivity contribution in [3.05, 3.63) is 100 Å². The first-order valence-electron chi connectivity index (χ1n) is 11.0. The van der Waals surface area contributed by atoms with Crippen molar-refractivity contribution in [2.24, 2.45) is 0 Å². The first-order chi connectivity index (χ1) is 15.9. The molecule has 0 saturated carbocycles. The van der Waals surface area contributed by atoms with E-state index in [-0.39, 0.29) is 17.7 Å². The quantitative estimate of drug-likeness (QED) is 0.530. The molecule has 5 nitrogen and oxygen atoms in total. The molecular weight excluding hydrogens is 414 g/mol. The Kier molecular flexibility index (Phi) is 6.40. The van der Waals surface area contributed by atoms with Gasteiger partial charge in [0.25, 0.3) is 5.91 Å². The minimum Gasteiger partial charge on any atom is -0.503 e. The van der Waals surface area contributed by atoms with Gasteiger partial charge in [-0.1, -0.05) is 65.7 Å². The molecule has 1 heterocycles. The van der Waals surface area contributed by atoms with E-state index in [0.717, 1.165) is 27.8 Å². The summed E-state index contributed by atoms with van der Waals surface area (Å²) in [7, 11) is 3.21. The van der Waals surface area contributed by atoms with Gasteiger partial charge in [0.1, 0.15) is 0 Å². The number of methoxy groups -OCH3 is 2. The maximum absolute atomic E-state index is 13.2. The highest BCUT2D eigenvalue weighted by Gasteiger charge is 2.40. The molecule has 5 heteroatoms. The molecule has 0 saturated heterocycles. The van der Waals surface area contributed by atoms with E-state index in [4.69, 9.17) is 9.47 Å². The van der Waals surface area contributed by atoms with Crippen LogP contribution in [0.3, 0.4) is 0 Å². The van der Waals surface area contributed by atoms with Gasteiger partial charge in [-0.15, -0.1) is 0 Å². The van der Waals surface area contributed by atoms with Crippen molar-refractivity contribution >= 4 is 11.5 Å². The zero-order chi connectivity index (χ0) is 23.5. The molecule has 170 valence electrons. The average Bonchev–Trinajstić information content (AvgIpc) is 3.08. The minimum atomic E-state index is -0.360. The van der Waals surface area contributed by atoms with E-state index in [1.165, 1.54) is 0 Å². The van der Waals surface area contributed by atoms with Gasteiger partial charge in [0.2, 0.25) is 0 Å². The van der Waals surface area contributed by atoms with Crippen molar-refractivity contribution in [1.82, 2.24) is 4.90 Å². The van der Waals surface area contributed by atoms with Crippen molar-refractivity contribution < 1.29 is 19.4 Å².